The summed E-state index contributed by atoms with van der Waals surface area (Å²) in [5, 5.41) is 11.9. The number of rotatable bonds is 5. The van der Waals surface area contributed by atoms with Gasteiger partial charge in [0.15, 0.2) is 0 Å². The average Bonchev–Trinajstić information content (AvgIpc) is 2.53. The normalized spacial score (nSPS) is 15.1. The third-order valence-corrected chi connectivity index (χ3v) is 3.53. The molecule has 1 aliphatic rings. The fourth-order valence-corrected chi connectivity index (χ4v) is 2.29. The van der Waals surface area contributed by atoms with Gasteiger partial charge in [-0.3, -0.25) is 4.79 Å². The molecule has 0 aromatic carbocycles. The van der Waals surface area contributed by atoms with Crippen LogP contribution in [0.2, 0.25) is 0 Å². The van der Waals surface area contributed by atoms with Crippen molar-refractivity contribution in [1.82, 2.24) is 10.3 Å². The summed E-state index contributed by atoms with van der Waals surface area (Å²) < 4.78 is 10.6. The molecule has 0 unspecified atom stereocenters. The second kappa shape index (κ2) is 7.61. The number of anilines is 1. The number of hydrogen-bond acceptors (Lipinski definition) is 6. The van der Waals surface area contributed by atoms with Crippen molar-refractivity contribution in [1.29, 1.82) is 5.26 Å². The van der Waals surface area contributed by atoms with Crippen molar-refractivity contribution < 1.29 is 14.3 Å². The number of nitrogens with one attached hydrogen (secondary N) is 1. The van der Waals surface area contributed by atoms with Crippen molar-refractivity contribution in [3.8, 4) is 11.9 Å². The van der Waals surface area contributed by atoms with E-state index in [-0.39, 0.29) is 28.7 Å². The molecule has 2 rings (SSSR count). The Hall–Kier alpha value is -2.33. The molecule has 3 N–H and O–H groups in total. The number of nitrogens with two attached hydrogens (primary N) is 1. The zero-order valence-corrected chi connectivity index (χ0v) is 12.6. The summed E-state index contributed by atoms with van der Waals surface area (Å²) in [6.45, 7) is 4.16. The fraction of sp³-hybridized carbons (Fsp3) is 0.533. The molecule has 1 aliphatic heterocycles. The first-order valence-corrected chi connectivity index (χ1v) is 7.35. The van der Waals surface area contributed by atoms with Gasteiger partial charge in [-0.1, -0.05) is 0 Å². The maximum Gasteiger partial charge on any atom is 0.270 e. The van der Waals surface area contributed by atoms with E-state index < -0.39 is 0 Å². The van der Waals surface area contributed by atoms with Crippen LogP contribution in [0.25, 0.3) is 0 Å². The van der Waals surface area contributed by atoms with E-state index in [1.807, 2.05) is 6.07 Å². The number of ether oxygens (including phenoxy) is 2. The van der Waals surface area contributed by atoms with E-state index in [4.69, 9.17) is 20.5 Å². The van der Waals surface area contributed by atoms with Gasteiger partial charge in [0.25, 0.3) is 5.91 Å². The summed E-state index contributed by atoms with van der Waals surface area (Å²) in [6, 6.07) is 3.34. The summed E-state index contributed by atoms with van der Waals surface area (Å²) in [5.74, 6) is 0.199. The molecule has 1 saturated heterocycles. The van der Waals surface area contributed by atoms with Crippen LogP contribution in [0.1, 0.15) is 35.8 Å². The molecule has 2 heterocycles. The summed E-state index contributed by atoms with van der Waals surface area (Å²) in [7, 11) is 0. The minimum absolute atomic E-state index is 0.0983. The molecule has 0 spiro atoms. The number of nitrogens with zero attached hydrogens (tertiary/aromatic N) is 2. The first-order chi connectivity index (χ1) is 10.7. The standard InChI is InChI=1S/C15H20N4O3/c1-2-22-15-11(8-16)12(17)7-13(19-15)14(20)18-9-10-3-5-21-6-4-10/h7,10H,2-6,9H2,1H3,(H2,17,19)(H,18,20). The van der Waals surface area contributed by atoms with Crippen LogP contribution in [0.5, 0.6) is 5.88 Å². The number of nitriles is 1. The van der Waals surface area contributed by atoms with Gasteiger partial charge in [-0.2, -0.15) is 5.26 Å². The summed E-state index contributed by atoms with van der Waals surface area (Å²) in [5.41, 5.74) is 6.31. The Morgan fingerprint density at radius 3 is 2.95 bits per heavy atom. The Kier molecular flexibility index (Phi) is 5.55. The average molecular weight is 304 g/mol. The number of carbonyl (C=O) groups is 1. The van der Waals surface area contributed by atoms with Crippen LogP contribution in [-0.2, 0) is 4.74 Å². The summed E-state index contributed by atoms with van der Waals surface area (Å²) in [6.07, 6.45) is 1.88. The smallest absolute Gasteiger partial charge is 0.270 e. The van der Waals surface area contributed by atoms with Gasteiger partial charge in [-0.25, -0.2) is 4.98 Å². The first kappa shape index (κ1) is 16.0. The highest BCUT2D eigenvalue weighted by atomic mass is 16.5. The third-order valence-electron chi connectivity index (χ3n) is 3.53. The summed E-state index contributed by atoms with van der Waals surface area (Å²) in [4.78, 5) is 16.3. The lowest BCUT2D eigenvalue weighted by Crippen LogP contribution is -2.32. The van der Waals surface area contributed by atoms with Crippen LogP contribution in [0, 0.1) is 17.2 Å². The first-order valence-electron chi connectivity index (χ1n) is 7.35. The largest absolute Gasteiger partial charge is 0.477 e. The van der Waals surface area contributed by atoms with Crippen LogP contribution in [0.3, 0.4) is 0 Å². The molecule has 7 nitrogen and oxygen atoms in total. The van der Waals surface area contributed by atoms with Crippen molar-refractivity contribution in [3.63, 3.8) is 0 Å². The van der Waals surface area contributed by atoms with Crippen LogP contribution in [-0.4, -0.2) is 37.3 Å². The molecule has 118 valence electrons. The Bertz CT molecular complexity index is 577. The molecule has 1 aromatic heterocycles. The molecule has 0 bridgehead atoms. The highest BCUT2D eigenvalue weighted by Crippen LogP contribution is 2.22. The molecule has 1 amide bonds. The number of nitrogen functional groups attached to an aromatic ring is 1. The van der Waals surface area contributed by atoms with Crippen molar-refractivity contribution in [2.45, 2.75) is 19.8 Å². The van der Waals surface area contributed by atoms with Gasteiger partial charge >= 0.3 is 0 Å². The van der Waals surface area contributed by atoms with Gasteiger partial charge in [0.05, 0.1) is 12.3 Å². The Balaban J connectivity index is 2.07. The Labute approximate surface area is 129 Å². The van der Waals surface area contributed by atoms with E-state index in [1.54, 1.807) is 6.92 Å². The van der Waals surface area contributed by atoms with Gasteiger partial charge in [-0.15, -0.1) is 0 Å². The highest BCUT2D eigenvalue weighted by Gasteiger charge is 2.18. The zero-order chi connectivity index (χ0) is 15.9. The second-order valence-corrected chi connectivity index (χ2v) is 5.09. The number of pyridine rings is 1. The minimum Gasteiger partial charge on any atom is -0.477 e. The van der Waals surface area contributed by atoms with Gasteiger partial charge in [0.1, 0.15) is 17.3 Å². The van der Waals surface area contributed by atoms with Gasteiger partial charge in [0.2, 0.25) is 5.88 Å². The molecule has 1 fully saturated rings. The molecule has 22 heavy (non-hydrogen) atoms. The van der Waals surface area contributed by atoms with Crippen molar-refractivity contribution in [2.24, 2.45) is 5.92 Å². The Morgan fingerprint density at radius 1 is 1.59 bits per heavy atom. The van der Waals surface area contributed by atoms with Crippen molar-refractivity contribution >= 4 is 11.6 Å². The lowest BCUT2D eigenvalue weighted by Gasteiger charge is -2.22. The quantitative estimate of drug-likeness (QED) is 0.842. The second-order valence-electron chi connectivity index (χ2n) is 5.09. The van der Waals surface area contributed by atoms with E-state index in [0.29, 0.717) is 19.1 Å². The van der Waals surface area contributed by atoms with E-state index in [1.165, 1.54) is 6.07 Å². The van der Waals surface area contributed by atoms with E-state index in [2.05, 4.69) is 10.3 Å². The SMILES string of the molecule is CCOc1nc(C(=O)NCC2CCOCC2)cc(N)c1C#N. The predicted molar refractivity (Wildman–Crippen MR) is 80.4 cm³/mol. The highest BCUT2D eigenvalue weighted by molar-refractivity contribution is 5.93. The van der Waals surface area contributed by atoms with E-state index in [0.717, 1.165) is 26.1 Å². The lowest BCUT2D eigenvalue weighted by molar-refractivity contribution is 0.0642. The Morgan fingerprint density at radius 2 is 2.32 bits per heavy atom. The fourth-order valence-electron chi connectivity index (χ4n) is 2.29. The molecule has 7 heteroatoms. The van der Waals surface area contributed by atoms with E-state index >= 15 is 0 Å². The van der Waals surface area contributed by atoms with Crippen LogP contribution >= 0.6 is 0 Å². The molecule has 0 atom stereocenters. The minimum atomic E-state index is -0.316. The van der Waals surface area contributed by atoms with Gasteiger partial charge in [0, 0.05) is 19.8 Å². The molecular weight excluding hydrogens is 284 g/mol. The van der Waals surface area contributed by atoms with Crippen molar-refractivity contribution in [2.75, 3.05) is 32.1 Å². The predicted octanol–water partition coefficient (Wildman–Crippen LogP) is 1.09. The topological polar surface area (TPSA) is 110 Å². The third kappa shape index (κ3) is 3.86. The van der Waals surface area contributed by atoms with E-state index in [9.17, 15) is 4.79 Å². The maximum atomic E-state index is 12.2. The zero-order valence-electron chi connectivity index (χ0n) is 12.6. The maximum absolute atomic E-state index is 12.2. The molecule has 0 radical (unpaired) electrons. The van der Waals surface area contributed by atoms with Crippen molar-refractivity contribution in [3.05, 3.63) is 17.3 Å². The molecule has 1 aromatic rings. The lowest BCUT2D eigenvalue weighted by atomic mass is 10.0. The number of aromatic nitrogens is 1. The van der Waals surface area contributed by atoms with Crippen LogP contribution in [0.15, 0.2) is 6.07 Å². The van der Waals surface area contributed by atoms with Gasteiger partial charge in [-0.05, 0) is 31.7 Å². The molecular formula is C15H20N4O3. The molecule has 0 aliphatic carbocycles. The molecule has 0 saturated carbocycles. The van der Waals surface area contributed by atoms with Gasteiger partial charge < -0.3 is 20.5 Å². The number of amides is 1. The summed E-state index contributed by atoms with van der Waals surface area (Å²) >= 11 is 0. The number of carbonyl (C=O) groups excluding carboxylic acids is 1. The monoisotopic (exact) mass is 304 g/mol. The van der Waals surface area contributed by atoms with Crippen LogP contribution in [0.4, 0.5) is 5.69 Å². The van der Waals surface area contributed by atoms with Crippen LogP contribution < -0.4 is 15.8 Å². The number of hydrogen-bond donors (Lipinski definition) is 2.